The molecule has 0 aliphatic rings. The lowest BCUT2D eigenvalue weighted by Gasteiger charge is -2.04. The molecule has 0 unspecified atom stereocenters. The second kappa shape index (κ2) is 2.92. The third-order valence-electron chi connectivity index (χ3n) is 1.41. The summed E-state index contributed by atoms with van der Waals surface area (Å²) in [4.78, 5) is 13.0. The Morgan fingerprint density at radius 1 is 1.64 bits per heavy atom. The highest BCUT2D eigenvalue weighted by atomic mass is 16.1. The zero-order valence-corrected chi connectivity index (χ0v) is 7.09. The number of nitrogens with one attached hydrogen (secondary N) is 1. The summed E-state index contributed by atoms with van der Waals surface area (Å²) in [6.45, 7) is 0.691. The van der Waals surface area contributed by atoms with Gasteiger partial charge in [0.25, 0.3) is 5.56 Å². The summed E-state index contributed by atoms with van der Waals surface area (Å²) >= 11 is 0. The van der Waals surface area contributed by atoms with Gasteiger partial charge in [-0.2, -0.15) is 0 Å². The van der Waals surface area contributed by atoms with E-state index < -0.39 is 0 Å². The topological polar surface area (TPSA) is 41.0 Å². The molecule has 4 nitrogen and oxygen atoms in total. The van der Waals surface area contributed by atoms with Crippen LogP contribution in [0.2, 0.25) is 0 Å². The van der Waals surface area contributed by atoms with Crippen LogP contribution >= 0.6 is 0 Å². The van der Waals surface area contributed by atoms with Crippen LogP contribution in [0.4, 0.5) is 0 Å². The maximum atomic E-state index is 11.1. The molecule has 4 heteroatoms. The van der Waals surface area contributed by atoms with Crippen molar-refractivity contribution < 1.29 is 0 Å². The van der Waals surface area contributed by atoms with E-state index in [-0.39, 0.29) is 5.56 Å². The number of aryl methyl sites for hydroxylation is 1. The number of H-pyrrole nitrogens is 1. The monoisotopic (exact) mass is 155 g/mol. The zero-order valence-electron chi connectivity index (χ0n) is 7.09. The Labute approximate surface area is 65.4 Å². The van der Waals surface area contributed by atoms with Crippen molar-refractivity contribution in [3.63, 3.8) is 0 Å². The molecule has 0 radical (unpaired) electrons. The SMILES string of the molecule is CN(C)Cc1cn(C)[nH]c1=O. The summed E-state index contributed by atoms with van der Waals surface area (Å²) in [5, 5.41) is 2.65. The predicted octanol–water partition coefficient (Wildman–Crippen LogP) is -0.225. The zero-order chi connectivity index (χ0) is 8.43. The Morgan fingerprint density at radius 3 is 2.64 bits per heavy atom. The minimum absolute atomic E-state index is 0.00111. The van der Waals surface area contributed by atoms with E-state index in [0.29, 0.717) is 6.54 Å². The van der Waals surface area contributed by atoms with Crippen LogP contribution in [-0.4, -0.2) is 28.8 Å². The van der Waals surface area contributed by atoms with E-state index in [9.17, 15) is 4.79 Å². The van der Waals surface area contributed by atoms with E-state index in [1.165, 1.54) is 0 Å². The van der Waals surface area contributed by atoms with Gasteiger partial charge in [-0.3, -0.25) is 14.6 Å². The first-order valence-corrected chi connectivity index (χ1v) is 3.49. The van der Waals surface area contributed by atoms with Gasteiger partial charge in [0.1, 0.15) is 0 Å². The molecule has 0 amide bonds. The molecule has 1 heterocycles. The molecular formula is C7H13N3O. The maximum absolute atomic E-state index is 11.1. The first kappa shape index (κ1) is 8.07. The van der Waals surface area contributed by atoms with E-state index in [4.69, 9.17) is 0 Å². The fraction of sp³-hybridized carbons (Fsp3) is 0.571. The average Bonchev–Trinajstić information content (AvgIpc) is 2.09. The number of nitrogens with zero attached hydrogens (tertiary/aromatic N) is 2. The number of rotatable bonds is 2. The van der Waals surface area contributed by atoms with Crippen LogP contribution < -0.4 is 5.56 Å². The number of hydrogen-bond donors (Lipinski definition) is 1. The van der Waals surface area contributed by atoms with Crippen molar-refractivity contribution in [1.82, 2.24) is 14.7 Å². The second-order valence-electron chi connectivity index (χ2n) is 2.94. The first-order valence-electron chi connectivity index (χ1n) is 3.49. The molecule has 0 aliphatic carbocycles. The smallest absolute Gasteiger partial charge is 0.268 e. The Hall–Kier alpha value is -1.03. The van der Waals surface area contributed by atoms with Crippen molar-refractivity contribution in [3.8, 4) is 0 Å². The summed E-state index contributed by atoms with van der Waals surface area (Å²) in [6, 6.07) is 0. The highest BCUT2D eigenvalue weighted by molar-refractivity contribution is 5.03. The Balaban J connectivity index is 2.86. The lowest BCUT2D eigenvalue weighted by molar-refractivity contribution is 0.401. The van der Waals surface area contributed by atoms with E-state index in [0.717, 1.165) is 5.56 Å². The highest BCUT2D eigenvalue weighted by Crippen LogP contribution is 1.92. The van der Waals surface area contributed by atoms with Crippen LogP contribution in [0, 0.1) is 0 Å². The molecule has 1 rings (SSSR count). The molecule has 0 aliphatic heterocycles. The van der Waals surface area contributed by atoms with Crippen LogP contribution in [0.3, 0.4) is 0 Å². The predicted molar refractivity (Wildman–Crippen MR) is 43.4 cm³/mol. The summed E-state index contributed by atoms with van der Waals surface area (Å²) < 4.78 is 1.67. The third kappa shape index (κ3) is 1.94. The van der Waals surface area contributed by atoms with Gasteiger partial charge in [0.05, 0.1) is 5.56 Å². The van der Waals surface area contributed by atoms with E-state index in [1.807, 2.05) is 25.2 Å². The molecule has 62 valence electrons. The van der Waals surface area contributed by atoms with Gasteiger partial charge in [0.2, 0.25) is 0 Å². The molecule has 0 aromatic carbocycles. The second-order valence-corrected chi connectivity index (χ2v) is 2.94. The lowest BCUT2D eigenvalue weighted by atomic mass is 10.3. The first-order chi connectivity index (χ1) is 5.09. The Bertz CT molecular complexity index is 284. The van der Waals surface area contributed by atoms with Crippen LogP contribution in [-0.2, 0) is 13.6 Å². The third-order valence-corrected chi connectivity index (χ3v) is 1.41. The van der Waals surface area contributed by atoms with Crippen LogP contribution in [0.1, 0.15) is 5.56 Å². The number of aromatic nitrogens is 2. The van der Waals surface area contributed by atoms with Gasteiger partial charge < -0.3 is 4.90 Å². The Morgan fingerprint density at radius 2 is 2.27 bits per heavy atom. The van der Waals surface area contributed by atoms with Crippen LogP contribution in [0.5, 0.6) is 0 Å². The largest absolute Gasteiger partial charge is 0.305 e. The van der Waals surface area contributed by atoms with Gasteiger partial charge >= 0.3 is 0 Å². The van der Waals surface area contributed by atoms with E-state index in [2.05, 4.69) is 5.10 Å². The summed E-state index contributed by atoms with van der Waals surface area (Å²) in [6.07, 6.45) is 1.81. The quantitative estimate of drug-likeness (QED) is 0.641. The van der Waals surface area contributed by atoms with Gasteiger partial charge in [-0.15, -0.1) is 0 Å². The molecular weight excluding hydrogens is 142 g/mol. The summed E-state index contributed by atoms with van der Waals surface area (Å²) in [5.74, 6) is 0. The molecule has 1 aromatic rings. The summed E-state index contributed by atoms with van der Waals surface area (Å²) in [5.41, 5.74) is 0.804. The van der Waals surface area contributed by atoms with Crippen molar-refractivity contribution in [2.75, 3.05) is 14.1 Å². The highest BCUT2D eigenvalue weighted by Gasteiger charge is 2.01. The van der Waals surface area contributed by atoms with Gasteiger partial charge in [-0.1, -0.05) is 0 Å². The van der Waals surface area contributed by atoms with Crippen molar-refractivity contribution in [2.45, 2.75) is 6.54 Å². The van der Waals surface area contributed by atoms with Crippen molar-refractivity contribution in [3.05, 3.63) is 22.1 Å². The van der Waals surface area contributed by atoms with Crippen molar-refractivity contribution >= 4 is 0 Å². The average molecular weight is 155 g/mol. The molecule has 0 saturated heterocycles. The Kier molecular flexibility index (Phi) is 2.14. The molecule has 0 atom stereocenters. The molecule has 0 spiro atoms. The molecule has 1 N–H and O–H groups in total. The van der Waals surface area contributed by atoms with Gasteiger partial charge in [0.15, 0.2) is 0 Å². The van der Waals surface area contributed by atoms with Gasteiger partial charge in [-0.25, -0.2) is 0 Å². The minimum atomic E-state index is 0.00111. The van der Waals surface area contributed by atoms with Gasteiger partial charge in [0, 0.05) is 19.8 Å². The normalized spacial score (nSPS) is 10.9. The van der Waals surface area contributed by atoms with Crippen LogP contribution in [0.25, 0.3) is 0 Å². The van der Waals surface area contributed by atoms with Crippen molar-refractivity contribution in [1.29, 1.82) is 0 Å². The molecule has 0 saturated carbocycles. The number of hydrogen-bond acceptors (Lipinski definition) is 2. The fourth-order valence-corrected chi connectivity index (χ4v) is 1.01. The minimum Gasteiger partial charge on any atom is -0.305 e. The van der Waals surface area contributed by atoms with Gasteiger partial charge in [-0.05, 0) is 14.1 Å². The number of aromatic amines is 1. The lowest BCUT2D eigenvalue weighted by Crippen LogP contribution is -2.16. The van der Waals surface area contributed by atoms with E-state index in [1.54, 1.807) is 11.7 Å². The fourth-order valence-electron chi connectivity index (χ4n) is 1.01. The van der Waals surface area contributed by atoms with Crippen LogP contribution in [0.15, 0.2) is 11.0 Å². The maximum Gasteiger partial charge on any atom is 0.268 e. The molecule has 1 aromatic heterocycles. The molecule has 0 fully saturated rings. The van der Waals surface area contributed by atoms with E-state index >= 15 is 0 Å². The molecule has 0 bridgehead atoms. The van der Waals surface area contributed by atoms with Crippen molar-refractivity contribution in [2.24, 2.45) is 7.05 Å². The summed E-state index contributed by atoms with van der Waals surface area (Å²) in [7, 11) is 5.68. The standard InChI is InChI=1S/C7H13N3O/c1-9(2)4-6-5-10(3)8-7(6)11/h5H,4H2,1-3H3,(H,8,11). The molecule has 11 heavy (non-hydrogen) atoms.